The van der Waals surface area contributed by atoms with Crippen molar-refractivity contribution in [2.45, 2.75) is 33.2 Å². The lowest BCUT2D eigenvalue weighted by atomic mass is 10.2. The molecule has 1 N–H and O–H groups in total. The average Bonchev–Trinajstić information content (AvgIpc) is 2.77. The smallest absolute Gasteiger partial charge is 0.168 e. The average molecular weight is 276 g/mol. The summed E-state index contributed by atoms with van der Waals surface area (Å²) < 4.78 is 5.57. The van der Waals surface area contributed by atoms with E-state index < -0.39 is 0 Å². The lowest BCUT2D eigenvalue weighted by molar-refractivity contribution is 0.340. The van der Waals surface area contributed by atoms with Crippen molar-refractivity contribution in [3.05, 3.63) is 40.2 Å². The van der Waals surface area contributed by atoms with Crippen LogP contribution in [0.1, 0.15) is 23.6 Å². The van der Waals surface area contributed by atoms with Gasteiger partial charge in [-0.05, 0) is 45.0 Å². The van der Waals surface area contributed by atoms with Gasteiger partial charge in [-0.1, -0.05) is 0 Å². The Hall–Kier alpha value is -1.55. The topological polar surface area (TPSA) is 34.1 Å². The third kappa shape index (κ3) is 3.96. The molecular weight excluding hydrogens is 256 g/mol. The van der Waals surface area contributed by atoms with E-state index in [0.29, 0.717) is 12.6 Å². The summed E-state index contributed by atoms with van der Waals surface area (Å²) in [5, 5.41) is 3.42. The van der Waals surface area contributed by atoms with Crippen molar-refractivity contribution < 1.29 is 4.74 Å². The second-order valence-corrected chi connectivity index (χ2v) is 5.92. The highest BCUT2D eigenvalue weighted by molar-refractivity contribution is 7.11. The Morgan fingerprint density at radius 2 is 2.21 bits per heavy atom. The highest BCUT2D eigenvalue weighted by Crippen LogP contribution is 2.23. The monoisotopic (exact) mass is 276 g/mol. The molecule has 102 valence electrons. The summed E-state index contributed by atoms with van der Waals surface area (Å²) in [4.78, 5) is 7.10. The summed E-state index contributed by atoms with van der Waals surface area (Å²) >= 11 is 1.85. The zero-order chi connectivity index (χ0) is 13.7. The number of hydrogen-bond donors (Lipinski definition) is 1. The maximum atomic E-state index is 5.57. The molecule has 0 fully saturated rings. The summed E-state index contributed by atoms with van der Waals surface area (Å²) in [5.74, 6) is 1.64. The third-order valence-electron chi connectivity index (χ3n) is 2.76. The van der Waals surface area contributed by atoms with Crippen molar-refractivity contribution in [1.82, 2.24) is 4.98 Å². The van der Waals surface area contributed by atoms with Crippen molar-refractivity contribution in [2.24, 2.45) is 0 Å². The Bertz CT molecular complexity index is 524. The molecule has 2 aromatic rings. The van der Waals surface area contributed by atoms with Crippen LogP contribution in [-0.4, -0.2) is 17.6 Å². The quantitative estimate of drug-likeness (QED) is 0.869. The number of thiophene rings is 1. The number of nitrogens with zero attached hydrogens (tertiary/aromatic N) is 1. The zero-order valence-corrected chi connectivity index (χ0v) is 12.5. The van der Waals surface area contributed by atoms with Gasteiger partial charge >= 0.3 is 0 Å². The first kappa shape index (κ1) is 13.9. The normalized spacial score (nSPS) is 12.2. The maximum Gasteiger partial charge on any atom is 0.168 e. The lowest BCUT2D eigenvalue weighted by Gasteiger charge is -2.16. The van der Waals surface area contributed by atoms with Crippen LogP contribution in [0.5, 0.6) is 5.75 Å². The zero-order valence-electron chi connectivity index (χ0n) is 11.6. The van der Waals surface area contributed by atoms with E-state index in [1.807, 2.05) is 30.4 Å². The molecule has 4 heteroatoms. The molecule has 0 aromatic carbocycles. The Morgan fingerprint density at radius 3 is 2.89 bits per heavy atom. The second-order valence-electron chi connectivity index (χ2n) is 4.55. The minimum Gasteiger partial charge on any atom is -0.490 e. The molecule has 2 rings (SSSR count). The predicted molar refractivity (Wildman–Crippen MR) is 81.3 cm³/mol. The number of rotatable bonds is 6. The molecule has 0 bridgehead atoms. The van der Waals surface area contributed by atoms with Gasteiger partial charge in [-0.3, -0.25) is 0 Å². The SMILES string of the molecule is CCOc1cccnc1NC(C)Cc1ccc(C)s1. The number of ether oxygens (including phenoxy) is 1. The van der Waals surface area contributed by atoms with Crippen molar-refractivity contribution in [3.63, 3.8) is 0 Å². The van der Waals surface area contributed by atoms with Crippen LogP contribution >= 0.6 is 11.3 Å². The molecule has 0 saturated carbocycles. The van der Waals surface area contributed by atoms with Crippen molar-refractivity contribution in [3.8, 4) is 5.75 Å². The van der Waals surface area contributed by atoms with Crippen molar-refractivity contribution in [2.75, 3.05) is 11.9 Å². The van der Waals surface area contributed by atoms with Gasteiger partial charge in [-0.25, -0.2) is 4.98 Å². The highest BCUT2D eigenvalue weighted by atomic mass is 32.1. The van der Waals surface area contributed by atoms with Crippen LogP contribution in [-0.2, 0) is 6.42 Å². The van der Waals surface area contributed by atoms with Gasteiger partial charge in [-0.15, -0.1) is 11.3 Å². The summed E-state index contributed by atoms with van der Waals surface area (Å²) in [6, 6.07) is 8.52. The molecule has 1 unspecified atom stereocenters. The van der Waals surface area contributed by atoms with Crippen LogP contribution in [0.4, 0.5) is 5.82 Å². The van der Waals surface area contributed by atoms with Gasteiger partial charge in [0, 0.05) is 28.4 Å². The van der Waals surface area contributed by atoms with Gasteiger partial charge in [0.2, 0.25) is 0 Å². The first-order valence-electron chi connectivity index (χ1n) is 6.58. The molecule has 0 aliphatic rings. The molecule has 1 atom stereocenters. The minimum atomic E-state index is 0.326. The minimum absolute atomic E-state index is 0.326. The fourth-order valence-electron chi connectivity index (χ4n) is 1.95. The second kappa shape index (κ2) is 6.57. The molecular formula is C15H20N2OS. The molecule has 0 aliphatic heterocycles. The molecule has 3 nitrogen and oxygen atoms in total. The van der Waals surface area contributed by atoms with Crippen molar-refractivity contribution in [1.29, 1.82) is 0 Å². The number of anilines is 1. The molecule has 2 heterocycles. The Balaban J connectivity index is 2.00. The fourth-order valence-corrected chi connectivity index (χ4v) is 2.97. The van der Waals surface area contributed by atoms with E-state index >= 15 is 0 Å². The summed E-state index contributed by atoms with van der Waals surface area (Å²) in [6.45, 7) is 6.94. The maximum absolute atomic E-state index is 5.57. The van der Waals surface area contributed by atoms with Gasteiger partial charge in [0.15, 0.2) is 11.6 Å². The largest absolute Gasteiger partial charge is 0.490 e. The summed E-state index contributed by atoms with van der Waals surface area (Å²) in [7, 11) is 0. The number of nitrogens with one attached hydrogen (secondary N) is 1. The van der Waals surface area contributed by atoms with Crippen LogP contribution in [0.3, 0.4) is 0 Å². The Labute approximate surface area is 118 Å². The number of aromatic nitrogens is 1. The van der Waals surface area contributed by atoms with E-state index in [9.17, 15) is 0 Å². The van der Waals surface area contributed by atoms with E-state index in [2.05, 4.69) is 36.3 Å². The fraction of sp³-hybridized carbons (Fsp3) is 0.400. The first-order valence-corrected chi connectivity index (χ1v) is 7.40. The first-order chi connectivity index (χ1) is 9.19. The standard InChI is InChI=1S/C15H20N2OS/c1-4-18-14-6-5-9-16-15(14)17-11(2)10-13-8-7-12(3)19-13/h5-9,11H,4,10H2,1-3H3,(H,16,17). The van der Waals surface area contributed by atoms with E-state index in [1.54, 1.807) is 6.20 Å². The molecule has 0 saturated heterocycles. The third-order valence-corrected chi connectivity index (χ3v) is 3.78. The van der Waals surface area contributed by atoms with Gasteiger partial charge in [0.1, 0.15) is 0 Å². The molecule has 0 spiro atoms. The molecule has 0 amide bonds. The summed E-state index contributed by atoms with van der Waals surface area (Å²) in [5.41, 5.74) is 0. The van der Waals surface area contributed by atoms with Crippen LogP contribution in [0.25, 0.3) is 0 Å². The molecule has 2 aromatic heterocycles. The Kier molecular flexibility index (Phi) is 4.80. The van der Waals surface area contributed by atoms with Gasteiger partial charge < -0.3 is 10.1 Å². The number of hydrogen-bond acceptors (Lipinski definition) is 4. The van der Waals surface area contributed by atoms with Crippen LogP contribution in [0, 0.1) is 6.92 Å². The van der Waals surface area contributed by atoms with Crippen LogP contribution in [0.2, 0.25) is 0 Å². The van der Waals surface area contributed by atoms with Crippen molar-refractivity contribution >= 4 is 17.2 Å². The van der Waals surface area contributed by atoms with E-state index in [0.717, 1.165) is 18.0 Å². The lowest BCUT2D eigenvalue weighted by Crippen LogP contribution is -2.19. The summed E-state index contributed by atoms with van der Waals surface area (Å²) in [6.07, 6.45) is 2.79. The van der Waals surface area contributed by atoms with E-state index in [-0.39, 0.29) is 0 Å². The van der Waals surface area contributed by atoms with Gasteiger partial charge in [0.05, 0.1) is 6.61 Å². The van der Waals surface area contributed by atoms with Gasteiger partial charge in [-0.2, -0.15) is 0 Å². The van der Waals surface area contributed by atoms with Gasteiger partial charge in [0.25, 0.3) is 0 Å². The van der Waals surface area contributed by atoms with E-state index in [4.69, 9.17) is 4.74 Å². The molecule has 0 aliphatic carbocycles. The van der Waals surface area contributed by atoms with E-state index in [1.165, 1.54) is 9.75 Å². The van der Waals surface area contributed by atoms with Crippen LogP contribution < -0.4 is 10.1 Å². The number of pyridine rings is 1. The molecule has 0 radical (unpaired) electrons. The van der Waals surface area contributed by atoms with Crippen LogP contribution in [0.15, 0.2) is 30.5 Å². The predicted octanol–water partition coefficient (Wildman–Crippen LogP) is 3.89. The highest BCUT2D eigenvalue weighted by Gasteiger charge is 2.09. The Morgan fingerprint density at radius 1 is 1.37 bits per heavy atom. The number of aryl methyl sites for hydroxylation is 1. The molecule has 19 heavy (non-hydrogen) atoms.